The molecule has 0 bridgehead atoms. The summed E-state index contributed by atoms with van der Waals surface area (Å²) in [7, 11) is 0. The van der Waals surface area contributed by atoms with E-state index in [2.05, 4.69) is 15.9 Å². The molecule has 0 aromatic heterocycles. The molecule has 0 spiro atoms. The van der Waals surface area contributed by atoms with Crippen molar-refractivity contribution in [2.75, 3.05) is 0 Å². The summed E-state index contributed by atoms with van der Waals surface area (Å²) in [5.41, 5.74) is 5.85. The van der Waals surface area contributed by atoms with Crippen LogP contribution in [0.15, 0.2) is 16.6 Å². The van der Waals surface area contributed by atoms with Gasteiger partial charge in [0.1, 0.15) is 0 Å². The summed E-state index contributed by atoms with van der Waals surface area (Å²) < 4.78 is 13.7. The second kappa shape index (κ2) is 2.69. The van der Waals surface area contributed by atoms with Crippen LogP contribution >= 0.6 is 15.9 Å². The number of hydrogen-bond donors (Lipinski definition) is 2. The normalized spacial score (nSPS) is 18.7. The van der Waals surface area contributed by atoms with E-state index in [0.29, 0.717) is 10.0 Å². The highest BCUT2D eigenvalue weighted by Crippen LogP contribution is 2.47. The minimum Gasteiger partial charge on any atom is -0.505 e. The van der Waals surface area contributed by atoms with Gasteiger partial charge in [0, 0.05) is 15.6 Å². The molecule has 1 fully saturated rings. The van der Waals surface area contributed by atoms with Crippen LogP contribution < -0.4 is 5.73 Å². The van der Waals surface area contributed by atoms with E-state index in [1.54, 1.807) is 6.07 Å². The molecule has 1 aromatic rings. The van der Waals surface area contributed by atoms with Crippen molar-refractivity contribution < 1.29 is 9.50 Å². The lowest BCUT2D eigenvalue weighted by Gasteiger charge is -2.12. The van der Waals surface area contributed by atoms with Gasteiger partial charge in [-0.2, -0.15) is 0 Å². The lowest BCUT2D eigenvalue weighted by molar-refractivity contribution is 0.418. The predicted octanol–water partition coefficient (Wildman–Crippen LogP) is 2.24. The van der Waals surface area contributed by atoms with Gasteiger partial charge >= 0.3 is 0 Å². The molecule has 0 saturated heterocycles. The van der Waals surface area contributed by atoms with Crippen LogP contribution in [0.4, 0.5) is 4.39 Å². The standard InChI is InChI=1S/C9H9BrFNO/c10-5-3-6(9(12)1-2-9)8(13)7(11)4-5/h3-4,13H,1-2,12H2. The average molecular weight is 246 g/mol. The van der Waals surface area contributed by atoms with Gasteiger partial charge in [0.25, 0.3) is 0 Å². The Balaban J connectivity index is 2.56. The van der Waals surface area contributed by atoms with Crippen LogP contribution in [0.25, 0.3) is 0 Å². The maximum absolute atomic E-state index is 13.1. The van der Waals surface area contributed by atoms with Gasteiger partial charge in [-0.3, -0.25) is 0 Å². The molecule has 1 saturated carbocycles. The number of rotatable bonds is 1. The van der Waals surface area contributed by atoms with E-state index < -0.39 is 11.4 Å². The first kappa shape index (κ1) is 8.97. The highest BCUT2D eigenvalue weighted by molar-refractivity contribution is 9.10. The van der Waals surface area contributed by atoms with Crippen molar-refractivity contribution in [3.63, 3.8) is 0 Å². The zero-order valence-corrected chi connectivity index (χ0v) is 8.44. The molecule has 1 aliphatic rings. The Morgan fingerprint density at radius 3 is 2.62 bits per heavy atom. The van der Waals surface area contributed by atoms with Crippen molar-refractivity contribution in [3.05, 3.63) is 28.0 Å². The number of aromatic hydroxyl groups is 1. The molecule has 0 aliphatic heterocycles. The second-order valence-corrected chi connectivity index (χ2v) is 4.36. The fourth-order valence-electron chi connectivity index (χ4n) is 1.35. The Kier molecular flexibility index (Phi) is 1.85. The molecular weight excluding hydrogens is 237 g/mol. The van der Waals surface area contributed by atoms with Gasteiger partial charge in [0.2, 0.25) is 0 Å². The molecule has 0 unspecified atom stereocenters. The van der Waals surface area contributed by atoms with Crippen molar-refractivity contribution in [2.45, 2.75) is 18.4 Å². The zero-order valence-electron chi connectivity index (χ0n) is 6.85. The molecule has 0 heterocycles. The van der Waals surface area contributed by atoms with Crippen LogP contribution in [-0.2, 0) is 5.54 Å². The quantitative estimate of drug-likeness (QED) is 0.798. The van der Waals surface area contributed by atoms with E-state index in [-0.39, 0.29) is 5.75 Å². The number of halogens is 2. The molecule has 0 amide bonds. The lowest BCUT2D eigenvalue weighted by atomic mass is 10.0. The first-order chi connectivity index (χ1) is 6.03. The van der Waals surface area contributed by atoms with Gasteiger partial charge < -0.3 is 10.8 Å². The van der Waals surface area contributed by atoms with Crippen molar-refractivity contribution in [1.29, 1.82) is 0 Å². The highest BCUT2D eigenvalue weighted by atomic mass is 79.9. The fraction of sp³-hybridized carbons (Fsp3) is 0.333. The van der Waals surface area contributed by atoms with E-state index in [9.17, 15) is 9.50 Å². The van der Waals surface area contributed by atoms with Crippen molar-refractivity contribution in [2.24, 2.45) is 5.73 Å². The Hall–Kier alpha value is -0.610. The van der Waals surface area contributed by atoms with E-state index in [0.717, 1.165) is 12.8 Å². The number of phenolic OH excluding ortho intramolecular Hbond substituents is 1. The van der Waals surface area contributed by atoms with Crippen molar-refractivity contribution >= 4 is 15.9 Å². The number of nitrogens with two attached hydrogens (primary N) is 1. The molecular formula is C9H9BrFNO. The lowest BCUT2D eigenvalue weighted by Crippen LogP contribution is -2.19. The van der Waals surface area contributed by atoms with Crippen LogP contribution in [0, 0.1) is 5.82 Å². The van der Waals surface area contributed by atoms with Gasteiger partial charge in [0.15, 0.2) is 11.6 Å². The van der Waals surface area contributed by atoms with Gasteiger partial charge in [-0.15, -0.1) is 0 Å². The van der Waals surface area contributed by atoms with Crippen molar-refractivity contribution in [1.82, 2.24) is 0 Å². The minimum absolute atomic E-state index is 0.316. The highest BCUT2D eigenvalue weighted by Gasteiger charge is 2.42. The largest absolute Gasteiger partial charge is 0.505 e. The molecule has 0 radical (unpaired) electrons. The smallest absolute Gasteiger partial charge is 0.166 e. The van der Waals surface area contributed by atoms with E-state index >= 15 is 0 Å². The Morgan fingerprint density at radius 1 is 1.46 bits per heavy atom. The summed E-state index contributed by atoms with van der Waals surface area (Å²) in [6.45, 7) is 0. The second-order valence-electron chi connectivity index (χ2n) is 3.44. The van der Waals surface area contributed by atoms with Gasteiger partial charge in [-0.25, -0.2) is 4.39 Å². The Bertz CT molecular complexity index is 363. The number of phenols is 1. The number of hydrogen-bond acceptors (Lipinski definition) is 2. The number of benzene rings is 1. The summed E-state index contributed by atoms with van der Waals surface area (Å²) in [5.74, 6) is -0.940. The predicted molar refractivity (Wildman–Crippen MR) is 50.9 cm³/mol. The van der Waals surface area contributed by atoms with Crippen LogP contribution in [0.3, 0.4) is 0 Å². The van der Waals surface area contributed by atoms with Gasteiger partial charge in [-0.05, 0) is 25.0 Å². The van der Waals surface area contributed by atoms with E-state index in [1.165, 1.54) is 6.07 Å². The monoisotopic (exact) mass is 245 g/mol. The maximum atomic E-state index is 13.1. The molecule has 3 N–H and O–H groups in total. The first-order valence-corrected chi connectivity index (χ1v) is 4.80. The maximum Gasteiger partial charge on any atom is 0.166 e. The SMILES string of the molecule is NC1(c2cc(Br)cc(F)c2O)CC1. The molecule has 1 aromatic carbocycles. The Morgan fingerprint density at radius 2 is 2.08 bits per heavy atom. The third kappa shape index (κ3) is 1.44. The molecule has 13 heavy (non-hydrogen) atoms. The fourth-order valence-corrected chi connectivity index (χ4v) is 1.78. The topological polar surface area (TPSA) is 46.2 Å². The molecule has 2 rings (SSSR count). The van der Waals surface area contributed by atoms with Crippen LogP contribution in [0.5, 0.6) is 5.75 Å². The van der Waals surface area contributed by atoms with Crippen LogP contribution in [-0.4, -0.2) is 5.11 Å². The summed E-state index contributed by atoms with van der Waals surface area (Å²) >= 11 is 3.16. The molecule has 1 aliphatic carbocycles. The summed E-state index contributed by atoms with van der Waals surface area (Å²) in [5, 5.41) is 9.42. The van der Waals surface area contributed by atoms with Crippen LogP contribution in [0.1, 0.15) is 18.4 Å². The van der Waals surface area contributed by atoms with Crippen molar-refractivity contribution in [3.8, 4) is 5.75 Å². The zero-order chi connectivity index (χ0) is 9.64. The molecule has 70 valence electrons. The van der Waals surface area contributed by atoms with Crippen LogP contribution in [0.2, 0.25) is 0 Å². The minimum atomic E-state index is -0.624. The van der Waals surface area contributed by atoms with Gasteiger partial charge in [0.05, 0.1) is 0 Å². The summed E-state index contributed by atoms with van der Waals surface area (Å²) in [4.78, 5) is 0. The third-order valence-corrected chi connectivity index (χ3v) is 2.81. The molecule has 2 nitrogen and oxygen atoms in total. The Labute approximate surface area is 83.7 Å². The average Bonchev–Trinajstić information content (AvgIpc) is 2.77. The molecule has 0 atom stereocenters. The summed E-state index contributed by atoms with van der Waals surface area (Å²) in [6.07, 6.45) is 1.60. The molecule has 4 heteroatoms. The third-order valence-electron chi connectivity index (χ3n) is 2.35. The van der Waals surface area contributed by atoms with Gasteiger partial charge in [-0.1, -0.05) is 15.9 Å². The summed E-state index contributed by atoms with van der Waals surface area (Å²) in [6, 6.07) is 2.90. The van der Waals surface area contributed by atoms with E-state index in [1.807, 2.05) is 0 Å². The first-order valence-electron chi connectivity index (χ1n) is 4.00. The van der Waals surface area contributed by atoms with E-state index in [4.69, 9.17) is 5.73 Å².